The Morgan fingerprint density at radius 2 is 1.81 bits per heavy atom. The summed E-state index contributed by atoms with van der Waals surface area (Å²) in [5, 5.41) is 0. The summed E-state index contributed by atoms with van der Waals surface area (Å²) in [6, 6.07) is 5.90. The zero-order valence-corrected chi connectivity index (χ0v) is 12.9. The first-order valence-electron chi connectivity index (χ1n) is 6.41. The summed E-state index contributed by atoms with van der Waals surface area (Å²) in [5.74, 6) is -2.22. The van der Waals surface area contributed by atoms with Crippen molar-refractivity contribution in [3.05, 3.63) is 34.3 Å². The Kier molecular flexibility index (Phi) is 4.52. The van der Waals surface area contributed by atoms with Crippen LogP contribution in [0.3, 0.4) is 0 Å². The number of imide groups is 2. The largest absolute Gasteiger partial charge is 0.334 e. The summed E-state index contributed by atoms with van der Waals surface area (Å²) in [6.45, 7) is 1.53. The van der Waals surface area contributed by atoms with E-state index in [0.717, 1.165) is 9.37 Å². The minimum atomic E-state index is -0.947. The van der Waals surface area contributed by atoms with Gasteiger partial charge < -0.3 is 0 Å². The molecule has 1 aliphatic rings. The number of nitrogens with zero attached hydrogens (tertiary/aromatic N) is 2. The van der Waals surface area contributed by atoms with E-state index < -0.39 is 30.2 Å². The summed E-state index contributed by atoms with van der Waals surface area (Å²) in [4.78, 5) is 49.2. The minimum absolute atomic E-state index is 0.172. The van der Waals surface area contributed by atoms with Crippen LogP contribution in [-0.2, 0) is 9.59 Å². The van der Waals surface area contributed by atoms with Gasteiger partial charge in [0.05, 0.1) is 6.54 Å². The van der Waals surface area contributed by atoms with Crippen LogP contribution in [0.1, 0.15) is 23.7 Å². The molecular weight excluding hydrogens is 340 g/mol. The number of urea groups is 1. The van der Waals surface area contributed by atoms with Crippen LogP contribution in [0, 0.1) is 0 Å². The van der Waals surface area contributed by atoms with Gasteiger partial charge in [-0.25, -0.2) is 9.69 Å². The summed E-state index contributed by atoms with van der Waals surface area (Å²) in [6.07, 6.45) is 0.554. The molecule has 0 unspecified atom stereocenters. The van der Waals surface area contributed by atoms with E-state index >= 15 is 0 Å². The number of hydrogen-bond donors (Lipinski definition) is 0. The van der Waals surface area contributed by atoms with Crippen molar-refractivity contribution in [2.75, 3.05) is 13.1 Å². The van der Waals surface area contributed by atoms with E-state index in [1.54, 1.807) is 31.2 Å². The quantitative estimate of drug-likeness (QED) is 0.460. The minimum Gasteiger partial charge on any atom is -0.292 e. The van der Waals surface area contributed by atoms with Gasteiger partial charge in [0.2, 0.25) is 0 Å². The lowest BCUT2D eigenvalue weighted by Gasteiger charge is -2.14. The van der Waals surface area contributed by atoms with Gasteiger partial charge >= 0.3 is 17.8 Å². The van der Waals surface area contributed by atoms with Gasteiger partial charge in [-0.1, -0.05) is 35.0 Å². The van der Waals surface area contributed by atoms with Crippen LogP contribution >= 0.6 is 15.9 Å². The third-order valence-electron chi connectivity index (χ3n) is 3.03. The summed E-state index contributed by atoms with van der Waals surface area (Å²) < 4.78 is 0.719. The van der Waals surface area contributed by atoms with E-state index in [2.05, 4.69) is 15.9 Å². The second-order valence-electron chi connectivity index (χ2n) is 4.56. The molecule has 0 aromatic heterocycles. The normalized spacial score (nSPS) is 15.0. The van der Waals surface area contributed by atoms with Crippen LogP contribution in [0.15, 0.2) is 28.7 Å². The van der Waals surface area contributed by atoms with Crippen LogP contribution in [0.25, 0.3) is 0 Å². The van der Waals surface area contributed by atoms with E-state index in [-0.39, 0.29) is 6.54 Å². The Hall–Kier alpha value is -2.02. The predicted molar refractivity (Wildman–Crippen MR) is 77.6 cm³/mol. The summed E-state index contributed by atoms with van der Waals surface area (Å²) in [7, 11) is 0. The Morgan fingerprint density at radius 3 is 2.43 bits per heavy atom. The fourth-order valence-corrected chi connectivity index (χ4v) is 2.41. The first-order chi connectivity index (χ1) is 9.95. The standard InChI is InChI=1S/C14H13BrN2O4/c1-2-6-16-12(19)13(20)17(14(16)21)8-11(18)9-4-3-5-10(15)7-9/h3-5,7H,2,6,8H2,1H3. The topological polar surface area (TPSA) is 74.8 Å². The Morgan fingerprint density at radius 1 is 1.14 bits per heavy atom. The number of hydrogen-bond acceptors (Lipinski definition) is 4. The fourth-order valence-electron chi connectivity index (χ4n) is 2.01. The number of carbonyl (C=O) groups excluding carboxylic acids is 4. The first-order valence-corrected chi connectivity index (χ1v) is 7.21. The van der Waals surface area contributed by atoms with Crippen molar-refractivity contribution in [2.45, 2.75) is 13.3 Å². The van der Waals surface area contributed by atoms with Crippen LogP contribution < -0.4 is 0 Å². The van der Waals surface area contributed by atoms with Crippen LogP contribution in [0.4, 0.5) is 4.79 Å². The Labute approximate surface area is 129 Å². The van der Waals surface area contributed by atoms with Crippen molar-refractivity contribution < 1.29 is 19.2 Å². The molecule has 1 aromatic carbocycles. The Bertz CT molecular complexity index is 629. The van der Waals surface area contributed by atoms with Gasteiger partial charge in [0.15, 0.2) is 5.78 Å². The smallest absolute Gasteiger partial charge is 0.292 e. The first kappa shape index (κ1) is 15.4. The number of Topliss-reactive ketones (excluding diaryl/α,β-unsaturated/α-hetero) is 1. The Balaban J connectivity index is 2.16. The molecule has 0 bridgehead atoms. The molecule has 0 spiro atoms. The molecule has 0 radical (unpaired) electrons. The van der Waals surface area contributed by atoms with Gasteiger partial charge in [0.25, 0.3) is 0 Å². The van der Waals surface area contributed by atoms with Crippen molar-refractivity contribution >= 4 is 39.6 Å². The summed E-state index contributed by atoms with van der Waals surface area (Å²) in [5.41, 5.74) is 0.367. The highest BCUT2D eigenvalue weighted by molar-refractivity contribution is 9.10. The van der Waals surface area contributed by atoms with Gasteiger partial charge in [-0.05, 0) is 18.6 Å². The predicted octanol–water partition coefficient (Wildman–Crippen LogP) is 1.83. The average molecular weight is 353 g/mol. The molecule has 4 amide bonds. The maximum atomic E-state index is 12.1. The number of benzene rings is 1. The lowest BCUT2D eigenvalue weighted by molar-refractivity contribution is -0.143. The molecule has 1 aromatic rings. The van der Waals surface area contributed by atoms with Gasteiger partial charge in [0.1, 0.15) is 0 Å². The van der Waals surface area contributed by atoms with Gasteiger partial charge in [-0.3, -0.25) is 19.3 Å². The average Bonchev–Trinajstić information content (AvgIpc) is 2.65. The lowest BCUT2D eigenvalue weighted by Crippen LogP contribution is -2.37. The summed E-state index contributed by atoms with van der Waals surface area (Å²) >= 11 is 3.24. The molecule has 1 aliphatic heterocycles. The number of carbonyl (C=O) groups is 4. The van der Waals surface area contributed by atoms with Crippen LogP contribution in [0.5, 0.6) is 0 Å². The molecule has 0 saturated carbocycles. The monoisotopic (exact) mass is 352 g/mol. The zero-order chi connectivity index (χ0) is 15.6. The van der Waals surface area contributed by atoms with Crippen molar-refractivity contribution in [2.24, 2.45) is 0 Å². The molecule has 0 atom stereocenters. The van der Waals surface area contributed by atoms with E-state index in [1.165, 1.54) is 0 Å². The fraction of sp³-hybridized carbons (Fsp3) is 0.286. The van der Waals surface area contributed by atoms with E-state index in [0.29, 0.717) is 16.9 Å². The maximum Gasteiger partial charge on any atom is 0.334 e. The number of amides is 4. The van der Waals surface area contributed by atoms with Crippen LogP contribution in [-0.4, -0.2) is 46.5 Å². The molecular formula is C14H13BrN2O4. The zero-order valence-electron chi connectivity index (χ0n) is 11.3. The second kappa shape index (κ2) is 6.17. The van der Waals surface area contributed by atoms with Gasteiger partial charge in [-0.15, -0.1) is 0 Å². The van der Waals surface area contributed by atoms with E-state index in [1.807, 2.05) is 0 Å². The highest BCUT2D eigenvalue weighted by Crippen LogP contribution is 2.16. The molecule has 7 heteroatoms. The van der Waals surface area contributed by atoms with Gasteiger partial charge in [-0.2, -0.15) is 0 Å². The molecule has 1 saturated heterocycles. The van der Waals surface area contributed by atoms with Crippen molar-refractivity contribution in [1.82, 2.24) is 9.80 Å². The van der Waals surface area contributed by atoms with Gasteiger partial charge in [0, 0.05) is 16.6 Å². The molecule has 1 heterocycles. The van der Waals surface area contributed by atoms with E-state index in [9.17, 15) is 19.2 Å². The number of ketones is 1. The second-order valence-corrected chi connectivity index (χ2v) is 5.48. The highest BCUT2D eigenvalue weighted by atomic mass is 79.9. The molecule has 2 rings (SSSR count). The van der Waals surface area contributed by atoms with Crippen LogP contribution in [0.2, 0.25) is 0 Å². The van der Waals surface area contributed by atoms with Crippen molar-refractivity contribution in [3.8, 4) is 0 Å². The molecule has 6 nitrogen and oxygen atoms in total. The molecule has 21 heavy (non-hydrogen) atoms. The molecule has 0 N–H and O–H groups in total. The number of rotatable bonds is 5. The third-order valence-corrected chi connectivity index (χ3v) is 3.52. The van der Waals surface area contributed by atoms with E-state index in [4.69, 9.17) is 0 Å². The molecule has 1 fully saturated rings. The highest BCUT2D eigenvalue weighted by Gasteiger charge is 2.44. The maximum absolute atomic E-state index is 12.1. The SMILES string of the molecule is CCCN1C(=O)C(=O)N(CC(=O)c2cccc(Br)c2)C1=O. The van der Waals surface area contributed by atoms with Crippen molar-refractivity contribution in [1.29, 1.82) is 0 Å². The van der Waals surface area contributed by atoms with Crippen molar-refractivity contribution in [3.63, 3.8) is 0 Å². The lowest BCUT2D eigenvalue weighted by atomic mass is 10.1. The molecule has 110 valence electrons. The molecule has 0 aliphatic carbocycles. The third kappa shape index (κ3) is 3.02. The number of halogens is 1.